The largest absolute Gasteiger partial charge is 0.316 e. The Balaban J connectivity index is 0.000000992. The molecule has 0 unspecified atom stereocenters. The topological polar surface area (TPSA) is 8.17 Å². The Bertz CT molecular complexity index is 3780. The number of benzene rings is 11. The summed E-state index contributed by atoms with van der Waals surface area (Å²) in [5.41, 5.74) is 15.7. The van der Waals surface area contributed by atoms with Crippen LogP contribution in [0.4, 0.5) is 17.1 Å². The van der Waals surface area contributed by atoms with Crippen molar-refractivity contribution in [2.45, 2.75) is 34.1 Å². The first-order valence-electron chi connectivity index (χ1n) is 24.2. The molecule has 0 aliphatic heterocycles. The van der Waals surface area contributed by atoms with Crippen molar-refractivity contribution in [3.05, 3.63) is 254 Å². The minimum atomic E-state index is 1.10. The van der Waals surface area contributed by atoms with Crippen LogP contribution in [0, 0.1) is 13.8 Å². The summed E-state index contributed by atoms with van der Waals surface area (Å²) in [7, 11) is 0. The van der Waals surface area contributed by atoms with Crippen LogP contribution in [0.25, 0.3) is 93.1 Å². The van der Waals surface area contributed by atoms with Gasteiger partial charge in [0.2, 0.25) is 0 Å². The van der Waals surface area contributed by atoms with Crippen LogP contribution in [0.5, 0.6) is 0 Å². The third kappa shape index (κ3) is 7.74. The lowest BCUT2D eigenvalue weighted by molar-refractivity contribution is 1.12. The molecule has 1 aromatic heterocycles. The maximum Gasteiger partial charge on any atom is 0.0618 e. The Morgan fingerprint density at radius 1 is 0.420 bits per heavy atom. The molecule has 332 valence electrons. The molecule has 0 amide bonds. The number of hydrogen-bond donors (Lipinski definition) is 0. The highest BCUT2D eigenvalue weighted by Gasteiger charge is 2.26. The van der Waals surface area contributed by atoms with Gasteiger partial charge in [0.25, 0.3) is 0 Å². The van der Waals surface area contributed by atoms with E-state index in [-0.39, 0.29) is 0 Å². The van der Waals surface area contributed by atoms with Crippen molar-refractivity contribution in [1.82, 2.24) is 4.57 Å². The molecule has 1 heterocycles. The maximum atomic E-state index is 2.46. The quantitative estimate of drug-likeness (QED) is 0.109. The van der Waals surface area contributed by atoms with Crippen molar-refractivity contribution in [2.75, 3.05) is 4.90 Å². The van der Waals surface area contributed by atoms with Gasteiger partial charge in [0.15, 0.2) is 0 Å². The Morgan fingerprint density at radius 3 is 1.49 bits per heavy atom. The molecular formula is C67H54N2. The van der Waals surface area contributed by atoms with Crippen LogP contribution < -0.4 is 4.90 Å². The first-order valence-corrected chi connectivity index (χ1v) is 24.2. The second kappa shape index (κ2) is 18.7. The van der Waals surface area contributed by atoms with E-state index in [1.54, 1.807) is 0 Å². The zero-order valence-corrected chi connectivity index (χ0v) is 39.7. The highest BCUT2D eigenvalue weighted by molar-refractivity contribution is 6.30. The molecule has 12 rings (SSSR count). The number of nitrogens with zero attached hydrogens (tertiary/aromatic N) is 2. The van der Waals surface area contributed by atoms with Gasteiger partial charge in [-0.3, -0.25) is 0 Å². The Kier molecular flexibility index (Phi) is 11.7. The van der Waals surface area contributed by atoms with Crippen LogP contribution >= 0.6 is 0 Å². The van der Waals surface area contributed by atoms with Crippen LogP contribution in [0.1, 0.15) is 31.4 Å². The van der Waals surface area contributed by atoms with Crippen LogP contribution in [0.15, 0.2) is 243 Å². The van der Waals surface area contributed by atoms with Crippen molar-refractivity contribution >= 4 is 71.1 Å². The second-order valence-corrected chi connectivity index (χ2v) is 17.9. The Labute approximate surface area is 405 Å². The summed E-state index contributed by atoms with van der Waals surface area (Å²) < 4.78 is 2.31. The van der Waals surface area contributed by atoms with E-state index >= 15 is 0 Å². The molecule has 0 aliphatic carbocycles. The highest BCUT2D eigenvalue weighted by Crippen LogP contribution is 2.53. The first kappa shape index (κ1) is 43.1. The zero-order chi connectivity index (χ0) is 46.8. The Hall–Kier alpha value is -8.46. The molecule has 0 saturated carbocycles. The molecule has 0 fully saturated rings. The van der Waals surface area contributed by atoms with Crippen molar-refractivity contribution in [3.8, 4) is 39.1 Å². The van der Waals surface area contributed by atoms with Crippen molar-refractivity contribution in [3.63, 3.8) is 0 Å². The number of fused-ring (bicyclic) bond motifs is 5. The van der Waals surface area contributed by atoms with Gasteiger partial charge >= 0.3 is 0 Å². The predicted octanol–water partition coefficient (Wildman–Crippen LogP) is 19.3. The van der Waals surface area contributed by atoms with Gasteiger partial charge in [-0.25, -0.2) is 0 Å². The van der Waals surface area contributed by atoms with E-state index in [0.29, 0.717) is 0 Å². The fourth-order valence-corrected chi connectivity index (χ4v) is 10.6. The second-order valence-electron chi connectivity index (χ2n) is 17.9. The number of para-hydroxylation sites is 2. The molecule has 69 heavy (non-hydrogen) atoms. The SMILES string of the molecule is C/C=C\CC.Cc1ccc2c(-c3c4ccccc4c(N(c4ccccc4)c4ccc(-n5cc(C)c6ccccc65)cc4)c4ccccc34)c3ccccc3c(-c3ccccc3-c3ccccc3)c2c1. The average molecular weight is 887 g/mol. The fourth-order valence-electron chi connectivity index (χ4n) is 10.6. The lowest BCUT2D eigenvalue weighted by Gasteiger charge is -2.30. The predicted molar refractivity (Wildman–Crippen MR) is 299 cm³/mol. The molecule has 11 aromatic carbocycles. The summed E-state index contributed by atoms with van der Waals surface area (Å²) in [6.07, 6.45) is 7.59. The van der Waals surface area contributed by atoms with Crippen LogP contribution in [0.3, 0.4) is 0 Å². The van der Waals surface area contributed by atoms with E-state index in [1.807, 2.05) is 6.92 Å². The van der Waals surface area contributed by atoms with Gasteiger partial charge in [-0.1, -0.05) is 207 Å². The fraction of sp³-hybridized carbons (Fsp3) is 0.0746. The van der Waals surface area contributed by atoms with E-state index in [4.69, 9.17) is 0 Å². The van der Waals surface area contributed by atoms with Gasteiger partial charge in [-0.2, -0.15) is 0 Å². The smallest absolute Gasteiger partial charge is 0.0618 e. The molecule has 0 spiro atoms. The lowest BCUT2D eigenvalue weighted by atomic mass is 9.81. The van der Waals surface area contributed by atoms with E-state index < -0.39 is 0 Å². The van der Waals surface area contributed by atoms with Gasteiger partial charge in [-0.05, 0) is 141 Å². The van der Waals surface area contributed by atoms with Crippen molar-refractivity contribution in [1.29, 1.82) is 0 Å². The van der Waals surface area contributed by atoms with Gasteiger partial charge in [-0.15, -0.1) is 0 Å². The zero-order valence-electron chi connectivity index (χ0n) is 39.7. The standard InChI is InChI=1S/C62H44N2.C5H10/c1-41-33-38-54-57(39-41)59(49-25-10-9-24-48(49)43-19-5-3-6-20-43)50-26-11-12-27-51(50)60(54)61-52-28-13-15-30-55(52)62(56-31-16-14-29-53(56)61)64(45-21-7-4-8-22-45)46-36-34-44(35-37-46)63-40-42(2)47-23-17-18-32-58(47)63;1-3-5-4-2/h3-40H,1-2H3;3,5H,4H2,1-2H3/b;5-3-. The molecule has 0 saturated heterocycles. The minimum absolute atomic E-state index is 1.10. The monoisotopic (exact) mass is 886 g/mol. The number of aryl methyl sites for hydroxylation is 2. The Morgan fingerprint density at radius 2 is 0.899 bits per heavy atom. The number of allylic oxidation sites excluding steroid dienone is 2. The molecule has 2 nitrogen and oxygen atoms in total. The van der Waals surface area contributed by atoms with Crippen molar-refractivity contribution < 1.29 is 0 Å². The average Bonchev–Trinajstić information content (AvgIpc) is 3.75. The van der Waals surface area contributed by atoms with Gasteiger partial charge in [0.1, 0.15) is 0 Å². The summed E-state index contributed by atoms with van der Waals surface area (Å²) >= 11 is 0. The highest BCUT2D eigenvalue weighted by atomic mass is 15.1. The third-order valence-corrected chi connectivity index (χ3v) is 13.6. The van der Waals surface area contributed by atoms with E-state index in [2.05, 4.69) is 273 Å². The number of rotatable bonds is 8. The molecule has 0 atom stereocenters. The summed E-state index contributed by atoms with van der Waals surface area (Å²) in [5.74, 6) is 0. The lowest BCUT2D eigenvalue weighted by Crippen LogP contribution is -2.11. The number of aromatic nitrogens is 1. The summed E-state index contributed by atoms with van der Waals surface area (Å²) in [5, 5.41) is 11.1. The van der Waals surface area contributed by atoms with E-state index in [1.165, 1.54) is 98.5 Å². The normalized spacial score (nSPS) is 11.5. The van der Waals surface area contributed by atoms with Gasteiger partial charge in [0.05, 0.1) is 11.2 Å². The van der Waals surface area contributed by atoms with E-state index in [0.717, 1.165) is 29.2 Å². The summed E-state index contributed by atoms with van der Waals surface area (Å²) in [6, 6.07) is 82.5. The van der Waals surface area contributed by atoms with Gasteiger partial charge < -0.3 is 9.47 Å². The molecule has 12 aromatic rings. The number of anilines is 3. The summed E-state index contributed by atoms with van der Waals surface area (Å²) in [6.45, 7) is 8.56. The van der Waals surface area contributed by atoms with Crippen LogP contribution in [0.2, 0.25) is 0 Å². The maximum absolute atomic E-state index is 2.46. The molecular weight excluding hydrogens is 833 g/mol. The molecule has 0 radical (unpaired) electrons. The minimum Gasteiger partial charge on any atom is -0.316 e. The third-order valence-electron chi connectivity index (χ3n) is 13.6. The molecule has 2 heteroatoms. The van der Waals surface area contributed by atoms with Crippen LogP contribution in [-0.4, -0.2) is 4.57 Å². The van der Waals surface area contributed by atoms with Gasteiger partial charge in [0, 0.05) is 39.4 Å². The summed E-state index contributed by atoms with van der Waals surface area (Å²) in [4.78, 5) is 2.46. The molecule has 0 bridgehead atoms. The first-order chi connectivity index (χ1) is 34.0. The number of hydrogen-bond acceptors (Lipinski definition) is 1. The van der Waals surface area contributed by atoms with E-state index in [9.17, 15) is 0 Å². The van der Waals surface area contributed by atoms with Crippen molar-refractivity contribution in [2.24, 2.45) is 0 Å². The molecule has 0 aliphatic rings. The molecule has 0 N–H and O–H groups in total. The van der Waals surface area contributed by atoms with Crippen LogP contribution in [-0.2, 0) is 0 Å².